The topological polar surface area (TPSA) is 80.4 Å². The Morgan fingerprint density at radius 1 is 1.47 bits per heavy atom. The monoisotopic (exact) mass is 249 g/mol. The Labute approximate surface area is 94.4 Å². The van der Waals surface area contributed by atoms with E-state index in [0.29, 0.717) is 0 Å². The quantitative estimate of drug-likeness (QED) is 0.660. The number of carboxylic acid groups (broad SMARTS) is 1. The molecule has 0 spiro atoms. The van der Waals surface area contributed by atoms with Crippen LogP contribution in [0.2, 0.25) is 10.0 Å². The number of nitro benzene ring substituents is 1. The van der Waals surface area contributed by atoms with Crippen LogP contribution in [0.4, 0.5) is 5.69 Å². The molecule has 0 fully saturated rings. The first-order valence-electron chi connectivity index (χ1n) is 3.76. The molecular weight excluding hydrogens is 245 g/mol. The van der Waals surface area contributed by atoms with Gasteiger partial charge >= 0.3 is 5.97 Å². The number of nitrogens with zero attached hydrogens (tertiary/aromatic N) is 1. The minimum absolute atomic E-state index is 0.0556. The van der Waals surface area contributed by atoms with Crippen LogP contribution in [-0.4, -0.2) is 16.0 Å². The van der Waals surface area contributed by atoms with Crippen molar-refractivity contribution in [2.24, 2.45) is 0 Å². The molecule has 0 aromatic heterocycles. The zero-order chi connectivity index (χ0) is 11.6. The summed E-state index contributed by atoms with van der Waals surface area (Å²) < 4.78 is 0. The van der Waals surface area contributed by atoms with Gasteiger partial charge in [-0.15, -0.1) is 0 Å². The highest BCUT2D eigenvalue weighted by atomic mass is 35.5. The second kappa shape index (κ2) is 4.46. The van der Waals surface area contributed by atoms with Crippen LogP contribution in [0.3, 0.4) is 0 Å². The van der Waals surface area contributed by atoms with Gasteiger partial charge in [-0.2, -0.15) is 0 Å². The molecule has 7 heteroatoms. The first-order valence-corrected chi connectivity index (χ1v) is 4.52. The van der Waals surface area contributed by atoms with Crippen molar-refractivity contribution in [3.63, 3.8) is 0 Å². The minimum atomic E-state index is -1.15. The number of nitro groups is 1. The zero-order valence-electron chi connectivity index (χ0n) is 7.24. The molecule has 0 heterocycles. The van der Waals surface area contributed by atoms with Crippen LogP contribution in [0.5, 0.6) is 0 Å². The average molecular weight is 250 g/mol. The molecule has 5 nitrogen and oxygen atoms in total. The fourth-order valence-electron chi connectivity index (χ4n) is 1.04. The molecule has 0 saturated heterocycles. The van der Waals surface area contributed by atoms with Crippen LogP contribution >= 0.6 is 23.2 Å². The molecule has 0 saturated carbocycles. The van der Waals surface area contributed by atoms with Crippen molar-refractivity contribution in [2.45, 2.75) is 6.42 Å². The molecule has 0 radical (unpaired) electrons. The number of halogens is 2. The second-order valence-corrected chi connectivity index (χ2v) is 3.47. The van der Waals surface area contributed by atoms with Gasteiger partial charge in [0.25, 0.3) is 5.69 Å². The maximum Gasteiger partial charge on any atom is 0.307 e. The van der Waals surface area contributed by atoms with Crippen LogP contribution in [0.25, 0.3) is 0 Å². The van der Waals surface area contributed by atoms with Gasteiger partial charge in [-0.25, -0.2) is 0 Å². The summed E-state index contributed by atoms with van der Waals surface area (Å²) in [6.45, 7) is 0. The zero-order valence-corrected chi connectivity index (χ0v) is 8.75. The predicted molar refractivity (Wildman–Crippen MR) is 54.5 cm³/mol. The third-order valence-electron chi connectivity index (χ3n) is 1.69. The summed E-state index contributed by atoms with van der Waals surface area (Å²) in [5.74, 6) is -1.15. The average Bonchev–Trinajstić information content (AvgIpc) is 2.11. The van der Waals surface area contributed by atoms with Crippen LogP contribution in [0, 0.1) is 10.1 Å². The van der Waals surface area contributed by atoms with Crippen molar-refractivity contribution in [1.82, 2.24) is 0 Å². The smallest absolute Gasteiger partial charge is 0.307 e. The van der Waals surface area contributed by atoms with Crippen LogP contribution < -0.4 is 0 Å². The summed E-state index contributed by atoms with van der Waals surface area (Å²) >= 11 is 11.3. The number of carboxylic acids is 1. The molecule has 1 aromatic rings. The van der Waals surface area contributed by atoms with Crippen molar-refractivity contribution < 1.29 is 14.8 Å². The lowest BCUT2D eigenvalue weighted by Crippen LogP contribution is -2.03. The number of carbonyl (C=O) groups is 1. The summed E-state index contributed by atoms with van der Waals surface area (Å²) in [7, 11) is 0. The summed E-state index contributed by atoms with van der Waals surface area (Å²) in [5, 5.41) is 18.9. The summed E-state index contributed by atoms with van der Waals surface area (Å²) in [6.07, 6.45) is -0.445. The van der Waals surface area contributed by atoms with Gasteiger partial charge in [0.15, 0.2) is 0 Å². The molecule has 1 rings (SSSR count). The van der Waals surface area contributed by atoms with E-state index >= 15 is 0 Å². The van der Waals surface area contributed by atoms with Crippen molar-refractivity contribution in [2.75, 3.05) is 0 Å². The maximum absolute atomic E-state index is 10.5. The second-order valence-electron chi connectivity index (χ2n) is 2.69. The number of rotatable bonds is 3. The Hall–Kier alpha value is -1.33. The van der Waals surface area contributed by atoms with Crippen molar-refractivity contribution in [3.8, 4) is 0 Å². The van der Waals surface area contributed by atoms with E-state index in [1.807, 2.05) is 0 Å². The van der Waals surface area contributed by atoms with Gasteiger partial charge in [0, 0.05) is 16.7 Å². The maximum atomic E-state index is 10.5. The lowest BCUT2D eigenvalue weighted by molar-refractivity contribution is -0.384. The summed E-state index contributed by atoms with van der Waals surface area (Å²) in [5.41, 5.74) is -0.294. The largest absolute Gasteiger partial charge is 0.481 e. The Balaban J connectivity index is 3.29. The Morgan fingerprint density at radius 2 is 2.07 bits per heavy atom. The van der Waals surface area contributed by atoms with Gasteiger partial charge in [0.05, 0.1) is 11.3 Å². The van der Waals surface area contributed by atoms with Crippen LogP contribution in [0.1, 0.15) is 5.56 Å². The minimum Gasteiger partial charge on any atom is -0.481 e. The number of hydrogen-bond donors (Lipinski definition) is 1. The molecule has 0 aliphatic carbocycles. The first-order chi connectivity index (χ1) is 6.93. The van der Waals surface area contributed by atoms with Gasteiger partial charge in [0.1, 0.15) is 5.02 Å². The van der Waals surface area contributed by atoms with Crippen LogP contribution in [0.15, 0.2) is 12.1 Å². The fraction of sp³-hybridized carbons (Fsp3) is 0.125. The summed E-state index contributed by atoms with van der Waals surface area (Å²) in [6, 6.07) is 2.39. The van der Waals surface area contributed by atoms with E-state index in [-0.39, 0.29) is 21.3 Å². The van der Waals surface area contributed by atoms with Crippen LogP contribution in [-0.2, 0) is 11.2 Å². The van der Waals surface area contributed by atoms with Crippen molar-refractivity contribution in [1.29, 1.82) is 0 Å². The van der Waals surface area contributed by atoms with Gasteiger partial charge in [-0.3, -0.25) is 14.9 Å². The molecule has 1 aromatic carbocycles. The van der Waals surface area contributed by atoms with Gasteiger partial charge < -0.3 is 5.11 Å². The Bertz CT molecular complexity index is 433. The third kappa shape index (κ3) is 2.57. The molecule has 15 heavy (non-hydrogen) atoms. The molecule has 0 aliphatic rings. The molecule has 0 atom stereocenters. The number of aliphatic carboxylic acids is 1. The lowest BCUT2D eigenvalue weighted by Gasteiger charge is -2.04. The van der Waals surface area contributed by atoms with E-state index in [2.05, 4.69) is 0 Å². The fourth-order valence-corrected chi connectivity index (χ4v) is 1.61. The Kier molecular flexibility index (Phi) is 3.49. The highest BCUT2D eigenvalue weighted by Crippen LogP contribution is 2.33. The van der Waals surface area contributed by atoms with Crippen molar-refractivity contribution in [3.05, 3.63) is 37.9 Å². The molecule has 0 aliphatic heterocycles. The summed E-state index contributed by atoms with van der Waals surface area (Å²) in [4.78, 5) is 20.3. The number of hydrogen-bond acceptors (Lipinski definition) is 3. The van der Waals surface area contributed by atoms with E-state index in [1.165, 1.54) is 6.07 Å². The standard InChI is InChI=1S/C8H5Cl2NO4/c9-5-1-2-6(11(14)15)8(10)4(5)3-7(12)13/h1-2H,3H2,(H,12,13). The molecule has 0 unspecified atom stereocenters. The molecule has 0 bridgehead atoms. The van der Waals surface area contributed by atoms with E-state index < -0.39 is 17.3 Å². The molecule has 0 amide bonds. The number of benzene rings is 1. The lowest BCUT2D eigenvalue weighted by atomic mass is 10.1. The first kappa shape index (κ1) is 11.7. The van der Waals surface area contributed by atoms with E-state index in [9.17, 15) is 14.9 Å². The normalized spacial score (nSPS) is 10.0. The Morgan fingerprint density at radius 3 is 2.53 bits per heavy atom. The molecule has 1 N–H and O–H groups in total. The third-order valence-corrected chi connectivity index (χ3v) is 2.47. The molecule has 80 valence electrons. The van der Waals surface area contributed by atoms with Gasteiger partial charge in [-0.1, -0.05) is 23.2 Å². The van der Waals surface area contributed by atoms with Gasteiger partial charge in [-0.05, 0) is 6.07 Å². The SMILES string of the molecule is O=C(O)Cc1c(Cl)ccc([N+](=O)[O-])c1Cl. The van der Waals surface area contributed by atoms with E-state index in [4.69, 9.17) is 28.3 Å². The van der Waals surface area contributed by atoms with E-state index in [1.54, 1.807) is 0 Å². The van der Waals surface area contributed by atoms with Gasteiger partial charge in [0.2, 0.25) is 0 Å². The molecular formula is C8H5Cl2NO4. The van der Waals surface area contributed by atoms with Crippen molar-refractivity contribution >= 4 is 34.9 Å². The highest BCUT2D eigenvalue weighted by Gasteiger charge is 2.19. The van der Waals surface area contributed by atoms with E-state index in [0.717, 1.165) is 6.07 Å². The highest BCUT2D eigenvalue weighted by molar-refractivity contribution is 6.37. The predicted octanol–water partition coefficient (Wildman–Crippen LogP) is 2.53.